The van der Waals surface area contributed by atoms with Crippen LogP contribution in [0, 0.1) is 11.8 Å². The number of nitrogens with zero attached hydrogens (tertiary/aromatic N) is 4. The van der Waals surface area contributed by atoms with Crippen molar-refractivity contribution in [1.82, 2.24) is 19.1 Å². The molecule has 0 spiro atoms. The number of esters is 2. The molecular weight excluding hydrogens is 793 g/mol. The third kappa shape index (κ3) is 7.53. The number of aromatic nitrogens is 4. The van der Waals surface area contributed by atoms with Gasteiger partial charge in [-0.3, -0.25) is 9.59 Å². The Morgan fingerprint density at radius 2 is 0.750 bits per heavy atom. The smallest absolute Gasteiger partial charge is 0.309 e. The Bertz CT molecular complexity index is 2600. The van der Waals surface area contributed by atoms with Gasteiger partial charge < -0.3 is 18.6 Å². The molecule has 2 heterocycles. The van der Waals surface area contributed by atoms with E-state index in [1.807, 2.05) is 30.9 Å². The van der Waals surface area contributed by atoms with Crippen molar-refractivity contribution in [3.8, 4) is 0 Å². The second-order valence-electron chi connectivity index (χ2n) is 16.6. The highest BCUT2D eigenvalue weighted by Gasteiger charge is 2.43. The molecule has 8 aromatic rings. The first-order chi connectivity index (χ1) is 31.5. The highest BCUT2D eigenvalue weighted by molar-refractivity contribution is 5.73. The molecule has 0 N–H and O–H groups in total. The number of rotatable bonds is 10. The lowest BCUT2D eigenvalue weighted by Crippen LogP contribution is -2.39. The highest BCUT2D eigenvalue weighted by Crippen LogP contribution is 2.45. The SMILES string of the molecule is COC(=O)C1CCc2c(ncn2C(c2ccccc2)(c2ccccc2)c2ccccc2)C1.COC(=O)C1CCc2ncn(C(c3ccccc3)(c3ccccc3)c3ccccc3)c2C1. The second kappa shape index (κ2) is 18.6. The average Bonchev–Trinajstić information content (AvgIpc) is 4.01. The van der Waals surface area contributed by atoms with Gasteiger partial charge in [0.05, 0.1) is 50.1 Å². The van der Waals surface area contributed by atoms with Crippen LogP contribution in [0.4, 0.5) is 0 Å². The fourth-order valence-electron chi connectivity index (χ4n) is 10.2. The lowest BCUT2D eigenvalue weighted by Gasteiger charge is -2.39. The molecule has 0 fully saturated rings. The molecule has 2 aliphatic carbocycles. The highest BCUT2D eigenvalue weighted by atomic mass is 16.5. The topological polar surface area (TPSA) is 88.2 Å². The summed E-state index contributed by atoms with van der Waals surface area (Å²) in [5.74, 6) is -0.572. The molecule has 10 rings (SSSR count). The summed E-state index contributed by atoms with van der Waals surface area (Å²) in [6, 6.07) is 63.5. The van der Waals surface area contributed by atoms with E-state index in [1.165, 1.54) is 36.6 Å². The van der Waals surface area contributed by atoms with Gasteiger partial charge in [0.2, 0.25) is 0 Å². The first-order valence-corrected chi connectivity index (χ1v) is 22.1. The average molecular weight is 845 g/mol. The molecule has 0 amide bonds. The van der Waals surface area contributed by atoms with Gasteiger partial charge in [0.1, 0.15) is 11.1 Å². The Morgan fingerprint density at radius 1 is 0.438 bits per heavy atom. The Hall–Kier alpha value is -7.32. The number of methoxy groups -OCH3 is 2. The summed E-state index contributed by atoms with van der Waals surface area (Å²) < 4.78 is 14.7. The van der Waals surface area contributed by atoms with Crippen LogP contribution in [0.15, 0.2) is 195 Å². The van der Waals surface area contributed by atoms with Gasteiger partial charge in [-0.1, -0.05) is 182 Å². The maximum atomic E-state index is 12.4. The summed E-state index contributed by atoms with van der Waals surface area (Å²) in [5.41, 5.74) is 10.1. The second-order valence-corrected chi connectivity index (χ2v) is 16.6. The van der Waals surface area contributed by atoms with Crippen molar-refractivity contribution in [2.45, 2.75) is 49.6 Å². The van der Waals surface area contributed by atoms with Gasteiger partial charge in [-0.25, -0.2) is 9.97 Å². The predicted molar refractivity (Wildman–Crippen MR) is 249 cm³/mol. The molecule has 0 saturated heterocycles. The zero-order valence-corrected chi connectivity index (χ0v) is 36.3. The van der Waals surface area contributed by atoms with Crippen LogP contribution in [0.25, 0.3) is 0 Å². The van der Waals surface area contributed by atoms with Crippen molar-refractivity contribution in [1.29, 1.82) is 0 Å². The number of ether oxygens (including phenoxy) is 2. The number of fused-ring (bicyclic) bond motifs is 2. The van der Waals surface area contributed by atoms with Crippen molar-refractivity contribution in [3.63, 3.8) is 0 Å². The third-order valence-corrected chi connectivity index (χ3v) is 13.2. The molecule has 64 heavy (non-hydrogen) atoms. The van der Waals surface area contributed by atoms with Crippen LogP contribution in [0.2, 0.25) is 0 Å². The number of imidazole rings is 2. The van der Waals surface area contributed by atoms with Gasteiger partial charge in [0.25, 0.3) is 0 Å². The van der Waals surface area contributed by atoms with E-state index in [2.05, 4.69) is 173 Å². The van der Waals surface area contributed by atoms with E-state index in [1.54, 1.807) is 0 Å². The molecule has 6 aromatic carbocycles. The van der Waals surface area contributed by atoms with Gasteiger partial charge in [-0.15, -0.1) is 0 Å². The van der Waals surface area contributed by atoms with Crippen LogP contribution in [-0.2, 0) is 55.8 Å². The van der Waals surface area contributed by atoms with Crippen molar-refractivity contribution < 1.29 is 19.1 Å². The fraction of sp³-hybridized carbons (Fsp3) is 0.214. The number of aryl methyl sites for hydroxylation is 1. The van der Waals surface area contributed by atoms with Crippen molar-refractivity contribution >= 4 is 11.9 Å². The molecule has 320 valence electrons. The van der Waals surface area contributed by atoms with Crippen LogP contribution in [0.1, 0.15) is 69.0 Å². The molecular formula is C56H52N4O4. The van der Waals surface area contributed by atoms with Crippen LogP contribution < -0.4 is 0 Å². The minimum Gasteiger partial charge on any atom is -0.469 e. The van der Waals surface area contributed by atoms with Crippen LogP contribution in [-0.4, -0.2) is 45.3 Å². The molecule has 2 aliphatic rings. The molecule has 0 saturated carbocycles. The van der Waals surface area contributed by atoms with E-state index < -0.39 is 11.1 Å². The van der Waals surface area contributed by atoms with E-state index in [4.69, 9.17) is 19.4 Å². The first-order valence-electron chi connectivity index (χ1n) is 22.1. The quantitative estimate of drug-likeness (QED) is 0.101. The zero-order chi connectivity index (χ0) is 43.9. The maximum Gasteiger partial charge on any atom is 0.309 e. The number of hydrogen-bond acceptors (Lipinski definition) is 6. The van der Waals surface area contributed by atoms with Crippen molar-refractivity contribution in [2.24, 2.45) is 11.8 Å². The van der Waals surface area contributed by atoms with E-state index >= 15 is 0 Å². The van der Waals surface area contributed by atoms with E-state index in [-0.39, 0.29) is 23.8 Å². The fourth-order valence-corrected chi connectivity index (χ4v) is 10.2. The Kier molecular flexibility index (Phi) is 12.2. The monoisotopic (exact) mass is 844 g/mol. The molecule has 2 atom stereocenters. The third-order valence-electron chi connectivity index (χ3n) is 13.2. The van der Waals surface area contributed by atoms with Gasteiger partial charge in [0, 0.05) is 24.2 Å². The Morgan fingerprint density at radius 3 is 1.11 bits per heavy atom. The van der Waals surface area contributed by atoms with Crippen molar-refractivity contribution in [3.05, 3.63) is 251 Å². The van der Waals surface area contributed by atoms with Gasteiger partial charge in [-0.05, 0) is 59.1 Å². The standard InChI is InChI=1S/2C28H26N2O2/c1-32-27(31)21-17-18-26-25(19-21)29-20-30(26)28(22-11-5-2-6-12-22,23-13-7-3-8-14-23)24-15-9-4-10-16-24;1-32-27(31)21-17-18-25-26(19-21)30(20-29-25)28(22-11-5-2-6-12-22,23-13-7-3-8-14-23)24-15-9-4-10-16-24/h2*2-16,20-21H,17-19H2,1H3. The summed E-state index contributed by atoms with van der Waals surface area (Å²) in [6.07, 6.45) is 8.24. The summed E-state index contributed by atoms with van der Waals surface area (Å²) in [7, 11) is 2.93. The minimum atomic E-state index is -0.609. The van der Waals surface area contributed by atoms with Crippen LogP contribution in [0.5, 0.6) is 0 Å². The molecule has 0 radical (unpaired) electrons. The number of hydrogen-bond donors (Lipinski definition) is 0. The molecule has 0 aliphatic heterocycles. The van der Waals surface area contributed by atoms with Crippen molar-refractivity contribution in [2.75, 3.05) is 14.2 Å². The van der Waals surface area contributed by atoms with Crippen LogP contribution >= 0.6 is 0 Å². The molecule has 8 heteroatoms. The lowest BCUT2D eigenvalue weighted by molar-refractivity contribution is -0.146. The van der Waals surface area contributed by atoms with E-state index in [0.717, 1.165) is 59.5 Å². The molecule has 0 bridgehead atoms. The number of carbonyl (C=O) groups is 2. The molecule has 2 unspecified atom stereocenters. The maximum absolute atomic E-state index is 12.4. The van der Waals surface area contributed by atoms with Crippen LogP contribution in [0.3, 0.4) is 0 Å². The normalized spacial score (nSPS) is 15.7. The minimum absolute atomic E-state index is 0.129. The molecule has 8 nitrogen and oxygen atoms in total. The predicted octanol–water partition coefficient (Wildman–Crippen LogP) is 10.0. The van der Waals surface area contributed by atoms with E-state index in [9.17, 15) is 9.59 Å². The number of benzene rings is 6. The van der Waals surface area contributed by atoms with Gasteiger partial charge in [0.15, 0.2) is 0 Å². The summed E-state index contributed by atoms with van der Waals surface area (Å²) in [5, 5.41) is 0. The zero-order valence-electron chi connectivity index (χ0n) is 36.3. The van der Waals surface area contributed by atoms with Gasteiger partial charge >= 0.3 is 11.9 Å². The Labute approximate surface area is 375 Å². The summed E-state index contributed by atoms with van der Waals surface area (Å²) in [6.45, 7) is 0. The first kappa shape index (κ1) is 42.0. The lowest BCUT2D eigenvalue weighted by atomic mass is 9.76. The number of carbonyl (C=O) groups excluding carboxylic acids is 2. The van der Waals surface area contributed by atoms with E-state index in [0.29, 0.717) is 12.8 Å². The van der Waals surface area contributed by atoms with Gasteiger partial charge in [-0.2, -0.15) is 0 Å². The summed E-state index contributed by atoms with van der Waals surface area (Å²) >= 11 is 0. The Balaban J connectivity index is 0.000000162. The summed E-state index contributed by atoms with van der Waals surface area (Å²) in [4.78, 5) is 34.3. The molecule has 2 aromatic heterocycles. The largest absolute Gasteiger partial charge is 0.469 e.